The lowest BCUT2D eigenvalue weighted by molar-refractivity contribution is 0.250. The second-order valence-electron chi connectivity index (χ2n) is 8.62. The Morgan fingerprint density at radius 2 is 1.87 bits per heavy atom. The number of nitriles is 1. The highest BCUT2D eigenvalue weighted by molar-refractivity contribution is 5.92. The maximum Gasteiger partial charge on any atom is 0.136 e. The third kappa shape index (κ3) is 4.89. The molecule has 4 nitrogen and oxygen atoms in total. The van der Waals surface area contributed by atoms with Crippen molar-refractivity contribution in [2.75, 3.05) is 37.6 Å². The smallest absolute Gasteiger partial charge is 0.136 e. The van der Waals surface area contributed by atoms with Gasteiger partial charge in [-0.1, -0.05) is 43.3 Å². The highest BCUT2D eigenvalue weighted by Gasteiger charge is 2.20. The van der Waals surface area contributed by atoms with E-state index in [-0.39, 0.29) is 0 Å². The zero-order chi connectivity index (χ0) is 21.6. The summed E-state index contributed by atoms with van der Waals surface area (Å²) in [6.07, 6.45) is 5.49. The predicted molar refractivity (Wildman–Crippen MR) is 129 cm³/mol. The van der Waals surface area contributed by atoms with Crippen LogP contribution in [0.1, 0.15) is 48.8 Å². The van der Waals surface area contributed by atoms with Crippen LogP contribution in [0.15, 0.2) is 54.7 Å². The number of pyridine rings is 1. The van der Waals surface area contributed by atoms with Gasteiger partial charge in [-0.05, 0) is 67.3 Å². The van der Waals surface area contributed by atoms with Crippen molar-refractivity contribution < 1.29 is 0 Å². The summed E-state index contributed by atoms with van der Waals surface area (Å²) in [5.41, 5.74) is 3.26. The van der Waals surface area contributed by atoms with Crippen molar-refractivity contribution in [2.45, 2.75) is 39.0 Å². The highest BCUT2D eigenvalue weighted by atomic mass is 15.3. The molecule has 0 aliphatic carbocycles. The van der Waals surface area contributed by atoms with Crippen molar-refractivity contribution >= 4 is 16.6 Å². The molecule has 1 fully saturated rings. The predicted octanol–water partition coefficient (Wildman–Crippen LogP) is 5.51. The molecule has 1 aliphatic rings. The van der Waals surface area contributed by atoms with E-state index in [0.29, 0.717) is 5.92 Å². The highest BCUT2D eigenvalue weighted by Crippen LogP contribution is 2.28. The number of piperazine rings is 1. The minimum absolute atomic E-state index is 0.576. The van der Waals surface area contributed by atoms with Gasteiger partial charge in [-0.25, -0.2) is 4.98 Å². The molecule has 0 amide bonds. The average Bonchev–Trinajstić information content (AvgIpc) is 2.82. The van der Waals surface area contributed by atoms with E-state index in [1.54, 1.807) is 0 Å². The number of aryl methyl sites for hydroxylation is 1. The SMILES string of the molecule is CCC(CCCN1CCN(c2nccc3ccccc23)CC1)c1ccc(C#N)c(C)c1. The molecule has 0 radical (unpaired) electrons. The Kier molecular flexibility index (Phi) is 6.84. The molecule has 2 aromatic carbocycles. The van der Waals surface area contributed by atoms with E-state index in [9.17, 15) is 5.26 Å². The molecule has 1 aromatic heterocycles. The zero-order valence-electron chi connectivity index (χ0n) is 18.7. The van der Waals surface area contributed by atoms with Crippen LogP contribution in [0.5, 0.6) is 0 Å². The van der Waals surface area contributed by atoms with Crippen molar-refractivity contribution in [3.8, 4) is 6.07 Å². The first kappa shape index (κ1) is 21.3. The zero-order valence-corrected chi connectivity index (χ0v) is 18.7. The van der Waals surface area contributed by atoms with Crippen LogP contribution in [0, 0.1) is 18.3 Å². The molecule has 31 heavy (non-hydrogen) atoms. The molecule has 0 spiro atoms. The van der Waals surface area contributed by atoms with E-state index in [0.717, 1.165) is 56.1 Å². The Labute approximate surface area is 186 Å². The van der Waals surface area contributed by atoms with E-state index in [1.165, 1.54) is 29.2 Å². The Balaban J connectivity index is 1.29. The minimum atomic E-state index is 0.576. The van der Waals surface area contributed by atoms with Crippen LogP contribution in [0.25, 0.3) is 10.8 Å². The number of rotatable bonds is 7. The van der Waals surface area contributed by atoms with Crippen LogP contribution in [-0.4, -0.2) is 42.6 Å². The number of benzene rings is 2. The average molecular weight is 413 g/mol. The van der Waals surface area contributed by atoms with Gasteiger partial charge in [0.25, 0.3) is 0 Å². The molecule has 1 atom stereocenters. The summed E-state index contributed by atoms with van der Waals surface area (Å²) in [5.74, 6) is 1.70. The van der Waals surface area contributed by atoms with E-state index in [2.05, 4.69) is 65.3 Å². The summed E-state index contributed by atoms with van der Waals surface area (Å²) in [7, 11) is 0. The van der Waals surface area contributed by atoms with Gasteiger partial charge in [-0.2, -0.15) is 5.26 Å². The molecular weight excluding hydrogens is 380 g/mol. The molecule has 1 unspecified atom stereocenters. The van der Waals surface area contributed by atoms with E-state index in [1.807, 2.05) is 19.2 Å². The molecule has 2 heterocycles. The Bertz CT molecular complexity index is 1060. The summed E-state index contributed by atoms with van der Waals surface area (Å²) in [5, 5.41) is 11.7. The summed E-state index contributed by atoms with van der Waals surface area (Å²) in [4.78, 5) is 9.73. The van der Waals surface area contributed by atoms with Crippen molar-refractivity contribution in [3.05, 3.63) is 71.4 Å². The molecule has 4 heteroatoms. The van der Waals surface area contributed by atoms with Crippen LogP contribution in [0.3, 0.4) is 0 Å². The Hall–Kier alpha value is -2.90. The van der Waals surface area contributed by atoms with Gasteiger partial charge in [0.05, 0.1) is 11.6 Å². The lowest BCUT2D eigenvalue weighted by atomic mass is 9.90. The van der Waals surface area contributed by atoms with E-state index < -0.39 is 0 Å². The summed E-state index contributed by atoms with van der Waals surface area (Å²) < 4.78 is 0. The number of fused-ring (bicyclic) bond motifs is 1. The number of anilines is 1. The molecule has 4 rings (SSSR count). The summed E-state index contributed by atoms with van der Waals surface area (Å²) in [6, 6.07) is 19.2. The maximum atomic E-state index is 9.17. The van der Waals surface area contributed by atoms with Crippen molar-refractivity contribution in [1.29, 1.82) is 5.26 Å². The molecular formula is C27H32N4. The van der Waals surface area contributed by atoms with Gasteiger partial charge >= 0.3 is 0 Å². The van der Waals surface area contributed by atoms with Gasteiger partial charge in [0.1, 0.15) is 5.82 Å². The fourth-order valence-electron chi connectivity index (χ4n) is 4.77. The van der Waals surface area contributed by atoms with Gasteiger partial charge in [-0.3, -0.25) is 4.90 Å². The first-order chi connectivity index (χ1) is 15.2. The number of aromatic nitrogens is 1. The molecule has 0 bridgehead atoms. The van der Waals surface area contributed by atoms with Gasteiger partial charge in [-0.15, -0.1) is 0 Å². The lowest BCUT2D eigenvalue weighted by Crippen LogP contribution is -2.47. The molecule has 1 aliphatic heterocycles. The monoisotopic (exact) mass is 412 g/mol. The third-order valence-corrected chi connectivity index (χ3v) is 6.69. The third-order valence-electron chi connectivity index (χ3n) is 6.69. The number of hydrogen-bond donors (Lipinski definition) is 0. The largest absolute Gasteiger partial charge is 0.354 e. The van der Waals surface area contributed by atoms with E-state index >= 15 is 0 Å². The fraction of sp³-hybridized carbons (Fsp3) is 0.407. The first-order valence-corrected chi connectivity index (χ1v) is 11.5. The van der Waals surface area contributed by atoms with Crippen molar-refractivity contribution in [3.63, 3.8) is 0 Å². The molecule has 0 N–H and O–H groups in total. The lowest BCUT2D eigenvalue weighted by Gasteiger charge is -2.36. The Morgan fingerprint density at radius 1 is 1.06 bits per heavy atom. The second kappa shape index (κ2) is 9.94. The van der Waals surface area contributed by atoms with Crippen LogP contribution in [0.2, 0.25) is 0 Å². The van der Waals surface area contributed by atoms with Crippen LogP contribution in [0.4, 0.5) is 5.82 Å². The minimum Gasteiger partial charge on any atom is -0.354 e. The van der Waals surface area contributed by atoms with Crippen molar-refractivity contribution in [1.82, 2.24) is 9.88 Å². The summed E-state index contributed by atoms with van der Waals surface area (Å²) >= 11 is 0. The van der Waals surface area contributed by atoms with E-state index in [4.69, 9.17) is 4.98 Å². The standard InChI is InChI=1S/C27H32N4/c1-3-22(24-10-11-25(20-28)21(2)19-24)8-6-14-30-15-17-31(18-16-30)27-26-9-5-4-7-23(26)12-13-29-27/h4-5,7,9-13,19,22H,3,6,8,14-18H2,1-2H3. The maximum absolute atomic E-state index is 9.17. The van der Waals surface area contributed by atoms with Gasteiger partial charge in [0, 0.05) is 37.8 Å². The Morgan fingerprint density at radius 3 is 2.61 bits per heavy atom. The topological polar surface area (TPSA) is 43.2 Å². The van der Waals surface area contributed by atoms with Crippen molar-refractivity contribution in [2.24, 2.45) is 0 Å². The van der Waals surface area contributed by atoms with Crippen LogP contribution < -0.4 is 4.90 Å². The molecule has 1 saturated heterocycles. The molecule has 0 saturated carbocycles. The fourth-order valence-corrected chi connectivity index (χ4v) is 4.77. The number of hydrogen-bond acceptors (Lipinski definition) is 4. The molecule has 3 aromatic rings. The van der Waals surface area contributed by atoms with Gasteiger partial charge in [0.15, 0.2) is 0 Å². The number of nitrogens with zero attached hydrogens (tertiary/aromatic N) is 4. The second-order valence-corrected chi connectivity index (χ2v) is 8.62. The van der Waals surface area contributed by atoms with Gasteiger partial charge in [0.2, 0.25) is 0 Å². The first-order valence-electron chi connectivity index (χ1n) is 11.5. The normalized spacial score (nSPS) is 15.7. The van der Waals surface area contributed by atoms with Crippen LogP contribution >= 0.6 is 0 Å². The summed E-state index contributed by atoms with van der Waals surface area (Å²) in [6.45, 7) is 9.73. The molecule has 160 valence electrons. The quantitative estimate of drug-likeness (QED) is 0.513. The van der Waals surface area contributed by atoms with Crippen LogP contribution in [-0.2, 0) is 0 Å². The van der Waals surface area contributed by atoms with Gasteiger partial charge < -0.3 is 4.90 Å².